The minimum absolute atomic E-state index is 0.0969. The number of hydrogen-bond acceptors (Lipinski definition) is 6. The van der Waals surface area contributed by atoms with E-state index < -0.39 is 4.92 Å². The first kappa shape index (κ1) is 16.9. The van der Waals surface area contributed by atoms with Crippen molar-refractivity contribution in [3.63, 3.8) is 0 Å². The molecule has 0 atom stereocenters. The van der Waals surface area contributed by atoms with Crippen molar-refractivity contribution in [2.45, 2.75) is 0 Å². The molecule has 9 heteroatoms. The van der Waals surface area contributed by atoms with Crippen molar-refractivity contribution in [2.24, 2.45) is 0 Å². The first-order chi connectivity index (χ1) is 12.0. The second-order valence-corrected chi connectivity index (χ2v) is 6.22. The van der Waals surface area contributed by atoms with Crippen LogP contribution in [0.25, 0.3) is 0 Å². The number of carbonyl (C=O) groups is 1. The van der Waals surface area contributed by atoms with Gasteiger partial charge in [0.15, 0.2) is 5.13 Å². The number of nitro benzene ring substituents is 1. The van der Waals surface area contributed by atoms with Gasteiger partial charge in [0.1, 0.15) is 0 Å². The maximum atomic E-state index is 12.4. The number of carbonyl (C=O) groups excluding carboxylic acids is 1. The number of benzene rings is 2. The Bertz CT molecular complexity index is 931. The SMILES string of the molecule is O=C(Nc1ccc([N+](=O)[O-])cc1Cl)c1cccc(Nc2nccs2)c1. The van der Waals surface area contributed by atoms with Crippen LogP contribution in [0.1, 0.15) is 10.4 Å². The number of hydrogen-bond donors (Lipinski definition) is 2. The third-order valence-electron chi connectivity index (χ3n) is 3.22. The highest BCUT2D eigenvalue weighted by Gasteiger charge is 2.13. The predicted molar refractivity (Wildman–Crippen MR) is 97.9 cm³/mol. The molecule has 3 aromatic rings. The van der Waals surface area contributed by atoms with E-state index in [0.717, 1.165) is 10.8 Å². The molecule has 0 saturated heterocycles. The average molecular weight is 375 g/mol. The molecule has 2 aromatic carbocycles. The lowest BCUT2D eigenvalue weighted by atomic mass is 10.2. The van der Waals surface area contributed by atoms with Crippen molar-refractivity contribution < 1.29 is 9.72 Å². The molecular weight excluding hydrogens is 364 g/mol. The number of nitrogens with one attached hydrogen (secondary N) is 2. The van der Waals surface area contributed by atoms with Crippen LogP contribution < -0.4 is 10.6 Å². The Kier molecular flexibility index (Phi) is 4.92. The van der Waals surface area contributed by atoms with Crippen LogP contribution in [0, 0.1) is 10.1 Å². The van der Waals surface area contributed by atoms with E-state index in [2.05, 4.69) is 15.6 Å². The van der Waals surface area contributed by atoms with E-state index in [1.165, 1.54) is 29.5 Å². The summed E-state index contributed by atoms with van der Waals surface area (Å²) in [5.41, 5.74) is 1.29. The standard InChI is InChI=1S/C16H11ClN4O3S/c17-13-9-12(21(23)24)4-5-14(13)20-15(22)10-2-1-3-11(8-10)19-16-18-6-7-25-16/h1-9H,(H,18,19)(H,20,22). The molecule has 3 rings (SSSR count). The summed E-state index contributed by atoms with van der Waals surface area (Å²) in [6, 6.07) is 10.8. The summed E-state index contributed by atoms with van der Waals surface area (Å²) in [5, 5.41) is 19.1. The van der Waals surface area contributed by atoms with Gasteiger partial charge in [-0.05, 0) is 24.3 Å². The van der Waals surface area contributed by atoms with E-state index >= 15 is 0 Å². The third kappa shape index (κ3) is 4.11. The second kappa shape index (κ2) is 7.29. The van der Waals surface area contributed by atoms with Crippen LogP contribution in [-0.4, -0.2) is 15.8 Å². The number of nitrogens with zero attached hydrogens (tertiary/aromatic N) is 2. The Labute approximate surface area is 151 Å². The van der Waals surface area contributed by atoms with Gasteiger partial charge in [-0.2, -0.15) is 0 Å². The summed E-state index contributed by atoms with van der Waals surface area (Å²) in [6.45, 7) is 0. The van der Waals surface area contributed by atoms with Crippen LogP contribution in [0.5, 0.6) is 0 Å². The van der Waals surface area contributed by atoms with Gasteiger partial charge in [0.25, 0.3) is 11.6 Å². The number of rotatable bonds is 5. The van der Waals surface area contributed by atoms with Crippen LogP contribution in [0.15, 0.2) is 54.0 Å². The van der Waals surface area contributed by atoms with Gasteiger partial charge in [-0.25, -0.2) is 4.98 Å². The normalized spacial score (nSPS) is 10.3. The van der Waals surface area contributed by atoms with Crippen LogP contribution in [-0.2, 0) is 0 Å². The van der Waals surface area contributed by atoms with Gasteiger partial charge in [0.2, 0.25) is 0 Å². The Morgan fingerprint density at radius 1 is 1.24 bits per heavy atom. The fraction of sp³-hybridized carbons (Fsp3) is 0. The summed E-state index contributed by atoms with van der Waals surface area (Å²) in [4.78, 5) is 26.7. The number of nitro groups is 1. The Balaban J connectivity index is 1.76. The number of anilines is 3. The zero-order valence-corrected chi connectivity index (χ0v) is 14.2. The molecule has 1 amide bonds. The molecule has 0 unspecified atom stereocenters. The lowest BCUT2D eigenvalue weighted by molar-refractivity contribution is -0.384. The smallest absolute Gasteiger partial charge is 0.271 e. The molecule has 0 saturated carbocycles. The Morgan fingerprint density at radius 2 is 2.08 bits per heavy atom. The number of non-ortho nitro benzene ring substituents is 1. The van der Waals surface area contributed by atoms with Gasteiger partial charge >= 0.3 is 0 Å². The van der Waals surface area contributed by atoms with E-state index in [-0.39, 0.29) is 16.6 Å². The number of halogens is 1. The second-order valence-electron chi connectivity index (χ2n) is 4.92. The summed E-state index contributed by atoms with van der Waals surface area (Å²) in [7, 11) is 0. The van der Waals surface area contributed by atoms with Crippen molar-refractivity contribution in [3.05, 3.63) is 74.7 Å². The van der Waals surface area contributed by atoms with E-state index in [4.69, 9.17) is 11.6 Å². The van der Waals surface area contributed by atoms with E-state index in [0.29, 0.717) is 11.3 Å². The number of amides is 1. The molecule has 0 radical (unpaired) electrons. The van der Waals surface area contributed by atoms with E-state index in [9.17, 15) is 14.9 Å². The quantitative estimate of drug-likeness (QED) is 0.498. The summed E-state index contributed by atoms with van der Waals surface area (Å²) in [5.74, 6) is -0.376. The highest BCUT2D eigenvalue weighted by atomic mass is 35.5. The molecule has 0 bridgehead atoms. The van der Waals surface area contributed by atoms with Crippen LogP contribution >= 0.6 is 22.9 Å². The zero-order valence-electron chi connectivity index (χ0n) is 12.6. The molecule has 0 spiro atoms. The van der Waals surface area contributed by atoms with E-state index in [1.807, 2.05) is 11.4 Å². The largest absolute Gasteiger partial charge is 0.332 e. The topological polar surface area (TPSA) is 97.2 Å². The number of aromatic nitrogens is 1. The van der Waals surface area contributed by atoms with Gasteiger partial charge in [0, 0.05) is 35.0 Å². The lowest BCUT2D eigenvalue weighted by Gasteiger charge is -2.09. The number of thiazole rings is 1. The van der Waals surface area contributed by atoms with Gasteiger partial charge in [-0.1, -0.05) is 17.7 Å². The monoisotopic (exact) mass is 374 g/mol. The molecular formula is C16H11ClN4O3S. The molecule has 126 valence electrons. The first-order valence-corrected chi connectivity index (χ1v) is 8.30. The minimum Gasteiger partial charge on any atom is -0.332 e. The van der Waals surface area contributed by atoms with Crippen molar-refractivity contribution in [1.82, 2.24) is 4.98 Å². The molecule has 0 aliphatic heterocycles. The third-order valence-corrected chi connectivity index (χ3v) is 4.22. The summed E-state index contributed by atoms with van der Waals surface area (Å²) in [6.07, 6.45) is 1.68. The van der Waals surface area contributed by atoms with Crippen molar-refractivity contribution in [2.75, 3.05) is 10.6 Å². The molecule has 0 aliphatic carbocycles. The molecule has 0 fully saturated rings. The molecule has 1 aromatic heterocycles. The fourth-order valence-corrected chi connectivity index (χ4v) is 2.83. The fourth-order valence-electron chi connectivity index (χ4n) is 2.06. The lowest BCUT2D eigenvalue weighted by Crippen LogP contribution is -2.12. The summed E-state index contributed by atoms with van der Waals surface area (Å²) < 4.78 is 0. The average Bonchev–Trinajstić information content (AvgIpc) is 3.09. The molecule has 1 heterocycles. The van der Waals surface area contributed by atoms with Crippen molar-refractivity contribution in [3.8, 4) is 0 Å². The highest BCUT2D eigenvalue weighted by Crippen LogP contribution is 2.27. The first-order valence-electron chi connectivity index (χ1n) is 7.05. The molecule has 2 N–H and O–H groups in total. The molecule has 0 aliphatic rings. The van der Waals surface area contributed by atoms with Gasteiger partial charge in [-0.15, -0.1) is 11.3 Å². The maximum absolute atomic E-state index is 12.4. The zero-order chi connectivity index (χ0) is 17.8. The Hall–Kier alpha value is -2.97. The summed E-state index contributed by atoms with van der Waals surface area (Å²) >= 11 is 7.44. The molecule has 25 heavy (non-hydrogen) atoms. The highest BCUT2D eigenvalue weighted by molar-refractivity contribution is 7.13. The van der Waals surface area contributed by atoms with Crippen LogP contribution in [0.3, 0.4) is 0 Å². The minimum atomic E-state index is -0.550. The van der Waals surface area contributed by atoms with Gasteiger partial charge in [-0.3, -0.25) is 14.9 Å². The maximum Gasteiger partial charge on any atom is 0.271 e. The Morgan fingerprint density at radius 3 is 2.76 bits per heavy atom. The van der Waals surface area contributed by atoms with Crippen molar-refractivity contribution >= 4 is 51.0 Å². The van der Waals surface area contributed by atoms with Gasteiger partial charge in [0.05, 0.1) is 15.6 Å². The predicted octanol–water partition coefficient (Wildman–Crippen LogP) is 4.70. The van der Waals surface area contributed by atoms with Gasteiger partial charge < -0.3 is 10.6 Å². The van der Waals surface area contributed by atoms with Crippen LogP contribution in [0.4, 0.5) is 22.2 Å². The van der Waals surface area contributed by atoms with Crippen molar-refractivity contribution in [1.29, 1.82) is 0 Å². The van der Waals surface area contributed by atoms with E-state index in [1.54, 1.807) is 24.4 Å². The molecule has 7 nitrogen and oxygen atoms in total. The van der Waals surface area contributed by atoms with Crippen LogP contribution in [0.2, 0.25) is 5.02 Å².